The second kappa shape index (κ2) is 6.94. The van der Waals surface area contributed by atoms with E-state index in [4.69, 9.17) is 0 Å². The molecule has 1 heteroatoms. The zero-order chi connectivity index (χ0) is 15.6. The smallest absolute Gasteiger partial charge is 0.136 e. The molecular formula is C20H32O. The Kier molecular flexibility index (Phi) is 5.46. The van der Waals surface area contributed by atoms with Gasteiger partial charge in [-0.05, 0) is 69.6 Å². The van der Waals surface area contributed by atoms with Gasteiger partial charge in [0.25, 0.3) is 0 Å². The topological polar surface area (TPSA) is 17.1 Å². The monoisotopic (exact) mass is 288 g/mol. The van der Waals surface area contributed by atoms with E-state index in [-0.39, 0.29) is 5.92 Å². The van der Waals surface area contributed by atoms with E-state index in [9.17, 15) is 4.79 Å². The van der Waals surface area contributed by atoms with Crippen LogP contribution in [0.5, 0.6) is 0 Å². The standard InChI is InChI=1S/C20H32O/c1-13(2)17-9-7-15(4)18-10-8-16(5)20(21)11-6-14(3)12-19(17)18/h12,15-19H,1,6-11H2,2-5H3/t15-,16-,17-,18+,19+/m0/s1. The van der Waals surface area contributed by atoms with E-state index in [2.05, 4.69) is 40.3 Å². The fraction of sp³-hybridized carbons (Fsp3) is 0.750. The number of carbonyl (C=O) groups is 1. The van der Waals surface area contributed by atoms with Gasteiger partial charge in [0.1, 0.15) is 5.78 Å². The van der Waals surface area contributed by atoms with Gasteiger partial charge in [-0.2, -0.15) is 0 Å². The van der Waals surface area contributed by atoms with Gasteiger partial charge in [0.05, 0.1) is 0 Å². The molecule has 1 fully saturated rings. The molecule has 0 aromatic heterocycles. The number of hydrogen-bond acceptors (Lipinski definition) is 1. The highest BCUT2D eigenvalue weighted by Gasteiger charge is 2.37. The van der Waals surface area contributed by atoms with Gasteiger partial charge < -0.3 is 0 Å². The van der Waals surface area contributed by atoms with Crippen molar-refractivity contribution < 1.29 is 4.79 Å². The van der Waals surface area contributed by atoms with Crippen LogP contribution in [0, 0.1) is 29.6 Å². The number of hydrogen-bond donors (Lipinski definition) is 0. The molecule has 2 rings (SSSR count). The lowest BCUT2D eigenvalue weighted by Crippen LogP contribution is -2.34. The SMILES string of the molecule is C=C(C)[C@@H]1CC[C@H](C)[C@H]2CC[C@H](C)C(=O)CCC(C)=C[C@@H]21. The quantitative estimate of drug-likeness (QED) is 0.577. The van der Waals surface area contributed by atoms with Crippen LogP contribution in [0.4, 0.5) is 0 Å². The minimum absolute atomic E-state index is 0.244. The molecule has 0 heterocycles. The van der Waals surface area contributed by atoms with Crippen LogP contribution >= 0.6 is 0 Å². The minimum Gasteiger partial charge on any atom is -0.299 e. The highest BCUT2D eigenvalue weighted by Crippen LogP contribution is 2.45. The highest BCUT2D eigenvalue weighted by molar-refractivity contribution is 5.80. The lowest BCUT2D eigenvalue weighted by molar-refractivity contribution is -0.122. The first kappa shape index (κ1) is 16.5. The van der Waals surface area contributed by atoms with Crippen LogP contribution in [0.1, 0.15) is 66.2 Å². The summed E-state index contributed by atoms with van der Waals surface area (Å²) in [5, 5.41) is 0. The zero-order valence-electron chi connectivity index (χ0n) is 14.3. The lowest BCUT2D eigenvalue weighted by atomic mass is 9.63. The van der Waals surface area contributed by atoms with Crippen molar-refractivity contribution >= 4 is 5.78 Å². The maximum absolute atomic E-state index is 12.2. The summed E-state index contributed by atoms with van der Waals surface area (Å²) >= 11 is 0. The molecule has 2 aliphatic carbocycles. The molecule has 0 saturated heterocycles. The van der Waals surface area contributed by atoms with Crippen molar-refractivity contribution in [3.05, 3.63) is 23.8 Å². The lowest BCUT2D eigenvalue weighted by Gasteiger charge is -2.42. The summed E-state index contributed by atoms with van der Waals surface area (Å²) in [5.41, 5.74) is 2.76. The molecule has 0 aliphatic heterocycles. The van der Waals surface area contributed by atoms with E-state index in [1.54, 1.807) is 0 Å². The largest absolute Gasteiger partial charge is 0.299 e. The van der Waals surface area contributed by atoms with Crippen LogP contribution in [0.3, 0.4) is 0 Å². The zero-order valence-corrected chi connectivity index (χ0v) is 14.3. The van der Waals surface area contributed by atoms with Crippen LogP contribution in [0.25, 0.3) is 0 Å². The second-order valence-corrected chi connectivity index (χ2v) is 7.71. The van der Waals surface area contributed by atoms with E-state index >= 15 is 0 Å². The van der Waals surface area contributed by atoms with Gasteiger partial charge in [-0.25, -0.2) is 0 Å². The molecule has 0 spiro atoms. The van der Waals surface area contributed by atoms with Crippen molar-refractivity contribution in [1.29, 1.82) is 0 Å². The third-order valence-corrected chi connectivity index (χ3v) is 5.98. The Morgan fingerprint density at radius 3 is 2.52 bits per heavy atom. The van der Waals surface area contributed by atoms with Crippen LogP contribution in [0.15, 0.2) is 23.8 Å². The molecule has 0 radical (unpaired) electrons. The molecule has 2 aliphatic rings. The van der Waals surface area contributed by atoms with E-state index < -0.39 is 0 Å². The van der Waals surface area contributed by atoms with Crippen molar-refractivity contribution in [3.8, 4) is 0 Å². The summed E-state index contributed by atoms with van der Waals surface area (Å²) in [5.74, 6) is 3.49. The summed E-state index contributed by atoms with van der Waals surface area (Å²) in [6, 6.07) is 0. The van der Waals surface area contributed by atoms with E-state index in [0.717, 1.165) is 31.1 Å². The molecule has 1 saturated carbocycles. The molecule has 21 heavy (non-hydrogen) atoms. The Bertz CT molecular complexity index is 431. The fourth-order valence-corrected chi connectivity index (χ4v) is 4.40. The Morgan fingerprint density at radius 1 is 1.14 bits per heavy atom. The molecule has 0 N–H and O–H groups in total. The van der Waals surface area contributed by atoms with Gasteiger partial charge in [-0.15, -0.1) is 0 Å². The summed E-state index contributed by atoms with van der Waals surface area (Å²) in [6.07, 6.45) is 9.05. The third kappa shape index (κ3) is 3.87. The molecule has 0 unspecified atom stereocenters. The van der Waals surface area contributed by atoms with Gasteiger partial charge in [-0.3, -0.25) is 4.79 Å². The van der Waals surface area contributed by atoms with Crippen LogP contribution in [0.2, 0.25) is 0 Å². The van der Waals surface area contributed by atoms with Gasteiger partial charge in [-0.1, -0.05) is 37.6 Å². The highest BCUT2D eigenvalue weighted by atomic mass is 16.1. The Balaban J connectivity index is 2.30. The summed E-state index contributed by atoms with van der Waals surface area (Å²) < 4.78 is 0. The number of ketones is 1. The second-order valence-electron chi connectivity index (χ2n) is 7.71. The molecule has 5 atom stereocenters. The number of rotatable bonds is 1. The van der Waals surface area contributed by atoms with Crippen LogP contribution < -0.4 is 0 Å². The predicted molar refractivity (Wildman–Crippen MR) is 90.1 cm³/mol. The van der Waals surface area contributed by atoms with Crippen molar-refractivity contribution in [2.75, 3.05) is 0 Å². The van der Waals surface area contributed by atoms with Crippen LogP contribution in [-0.4, -0.2) is 5.78 Å². The maximum atomic E-state index is 12.2. The van der Waals surface area contributed by atoms with Gasteiger partial charge >= 0.3 is 0 Å². The average Bonchev–Trinajstić information content (AvgIpc) is 2.42. The summed E-state index contributed by atoms with van der Waals surface area (Å²) in [4.78, 5) is 12.2. The summed E-state index contributed by atoms with van der Waals surface area (Å²) in [6.45, 7) is 13.2. The molecule has 118 valence electrons. The average molecular weight is 288 g/mol. The Hall–Kier alpha value is -0.850. The van der Waals surface area contributed by atoms with Gasteiger partial charge in [0.15, 0.2) is 0 Å². The predicted octanol–water partition coefficient (Wildman–Crippen LogP) is 5.57. The summed E-state index contributed by atoms with van der Waals surface area (Å²) in [7, 11) is 0. The van der Waals surface area contributed by atoms with Crippen molar-refractivity contribution in [1.82, 2.24) is 0 Å². The van der Waals surface area contributed by atoms with Crippen molar-refractivity contribution in [2.24, 2.45) is 29.6 Å². The molecular weight excluding hydrogens is 256 g/mol. The van der Waals surface area contributed by atoms with E-state index in [1.165, 1.54) is 30.4 Å². The van der Waals surface area contributed by atoms with Gasteiger partial charge in [0, 0.05) is 12.3 Å². The third-order valence-electron chi connectivity index (χ3n) is 5.98. The number of Topliss-reactive ketones (excluding diaryl/α,β-unsaturated/α-hetero) is 1. The first-order chi connectivity index (χ1) is 9.90. The number of carbonyl (C=O) groups excluding carboxylic acids is 1. The minimum atomic E-state index is 0.244. The molecule has 0 aromatic carbocycles. The molecule has 0 aromatic rings. The fourth-order valence-electron chi connectivity index (χ4n) is 4.40. The molecule has 1 nitrogen and oxygen atoms in total. The first-order valence-electron chi connectivity index (χ1n) is 8.75. The Labute approximate surface area is 130 Å². The Morgan fingerprint density at radius 2 is 1.86 bits per heavy atom. The normalized spacial score (nSPS) is 38.4. The number of allylic oxidation sites excluding steroid dienone is 3. The first-order valence-corrected chi connectivity index (χ1v) is 8.75. The van der Waals surface area contributed by atoms with Crippen molar-refractivity contribution in [2.45, 2.75) is 66.2 Å². The molecule has 0 amide bonds. The maximum Gasteiger partial charge on any atom is 0.136 e. The van der Waals surface area contributed by atoms with E-state index in [0.29, 0.717) is 17.6 Å². The van der Waals surface area contributed by atoms with Crippen LogP contribution in [-0.2, 0) is 4.79 Å². The number of fused-ring (bicyclic) bond motifs is 1. The van der Waals surface area contributed by atoms with E-state index in [1.807, 2.05) is 0 Å². The van der Waals surface area contributed by atoms with Gasteiger partial charge in [0.2, 0.25) is 0 Å². The molecule has 0 bridgehead atoms. The van der Waals surface area contributed by atoms with Crippen molar-refractivity contribution in [3.63, 3.8) is 0 Å².